The van der Waals surface area contributed by atoms with Crippen molar-refractivity contribution in [2.75, 3.05) is 46.2 Å². The second-order valence-electron chi connectivity index (χ2n) is 14.6. The van der Waals surface area contributed by atoms with Crippen molar-refractivity contribution in [2.24, 2.45) is 20.5 Å². The van der Waals surface area contributed by atoms with Crippen molar-refractivity contribution in [3.8, 4) is 11.5 Å². The third kappa shape index (κ3) is 14.4. The Bertz CT molecular complexity index is 2530. The van der Waals surface area contributed by atoms with E-state index in [9.17, 15) is 28.8 Å². The van der Waals surface area contributed by atoms with E-state index in [-0.39, 0.29) is 68.6 Å². The van der Waals surface area contributed by atoms with Gasteiger partial charge in [-0.25, -0.2) is 0 Å². The molecule has 2 atom stereocenters. The number of aryl methyl sites for hydroxylation is 2. The molecule has 0 radical (unpaired) electrons. The minimum atomic E-state index is -1.65. The molecule has 0 aliphatic heterocycles. The first-order valence-corrected chi connectivity index (χ1v) is 22.9. The topological polar surface area (TPSA) is 218 Å². The van der Waals surface area contributed by atoms with Gasteiger partial charge in [0.05, 0.1) is 57.1 Å². The Labute approximate surface area is 412 Å². The van der Waals surface area contributed by atoms with Gasteiger partial charge in [-0.3, -0.25) is 28.8 Å². The number of halogens is 4. The molecule has 68 heavy (non-hydrogen) atoms. The first kappa shape index (κ1) is 52.3. The van der Waals surface area contributed by atoms with Gasteiger partial charge >= 0.3 is 0 Å². The molecule has 0 spiro atoms. The largest absolute Gasteiger partial charge is 0.488 e. The number of nitrogens with one attached hydrogen (secondary N) is 4. The summed E-state index contributed by atoms with van der Waals surface area (Å²) in [5.41, 5.74) is 3.58. The second kappa shape index (κ2) is 25.4. The Hall–Kier alpha value is -6.72. The number of anilines is 4. The van der Waals surface area contributed by atoms with E-state index in [0.29, 0.717) is 36.0 Å². The molecule has 354 valence electrons. The van der Waals surface area contributed by atoms with Crippen molar-refractivity contribution in [3.05, 3.63) is 129 Å². The molecule has 0 fully saturated rings. The average molecular weight is 1000 g/mol. The number of hydrogen-bond donors (Lipinski definition) is 4. The van der Waals surface area contributed by atoms with Gasteiger partial charge in [0.25, 0.3) is 23.6 Å². The van der Waals surface area contributed by atoms with Crippen molar-refractivity contribution in [3.63, 3.8) is 0 Å². The highest BCUT2D eigenvalue weighted by Gasteiger charge is 2.29. The van der Waals surface area contributed by atoms with Crippen molar-refractivity contribution < 1.29 is 38.2 Å². The second-order valence-corrected chi connectivity index (χ2v) is 16.2. The molecule has 0 aliphatic rings. The highest BCUT2D eigenvalue weighted by molar-refractivity contribution is 6.35. The fraction of sp³-hybridized carbons (Fsp3) is 0.250. The van der Waals surface area contributed by atoms with Crippen LogP contribution in [0, 0.1) is 0 Å². The quantitative estimate of drug-likeness (QED) is 0.0296. The highest BCUT2D eigenvalue weighted by atomic mass is 35.5. The molecule has 0 aromatic heterocycles. The summed E-state index contributed by atoms with van der Waals surface area (Å²) >= 11 is 24.3. The maximum Gasteiger partial charge on any atom is 0.258 e. The van der Waals surface area contributed by atoms with E-state index < -0.39 is 47.3 Å². The SMILES string of the molecule is CCOc1c(NC(=O)C(N=Nc2ccc(Cl)c(C(=O)Nc3ccc(CCCl)cc3)c2)C(C)=O)ccc(NC(=O)C(N=Nc2ccc(Cl)c(C(=O)Nc3ccc(CCCl)cc3)c2)C(C)=O)c1OCC. The number of amides is 4. The summed E-state index contributed by atoms with van der Waals surface area (Å²) in [7, 11) is 0. The number of carbonyl (C=O) groups is 6. The number of rotatable bonds is 22. The third-order valence-corrected chi connectivity index (χ3v) is 10.7. The van der Waals surface area contributed by atoms with Crippen LogP contribution in [0.3, 0.4) is 0 Å². The number of ketones is 2. The third-order valence-electron chi connectivity index (χ3n) is 9.63. The molecule has 16 nitrogen and oxygen atoms in total. The van der Waals surface area contributed by atoms with E-state index >= 15 is 0 Å². The van der Waals surface area contributed by atoms with Crippen LogP contribution in [0.4, 0.5) is 34.1 Å². The Morgan fingerprint density at radius 1 is 0.529 bits per heavy atom. The minimum absolute atomic E-state index is 0.0130. The van der Waals surface area contributed by atoms with Crippen molar-refractivity contribution >= 4 is 116 Å². The van der Waals surface area contributed by atoms with Gasteiger partial charge in [0, 0.05) is 23.1 Å². The summed E-state index contributed by atoms with van der Waals surface area (Å²) < 4.78 is 11.8. The maximum absolute atomic E-state index is 13.7. The van der Waals surface area contributed by atoms with Crippen molar-refractivity contribution in [1.29, 1.82) is 0 Å². The summed E-state index contributed by atoms with van der Waals surface area (Å²) in [6.07, 6.45) is 1.35. The Kier molecular flexibility index (Phi) is 19.5. The zero-order valence-electron chi connectivity index (χ0n) is 37.2. The van der Waals surface area contributed by atoms with E-state index in [1.165, 1.54) is 48.5 Å². The van der Waals surface area contributed by atoms with Crippen LogP contribution in [-0.2, 0) is 32.0 Å². The van der Waals surface area contributed by atoms with Gasteiger partial charge in [-0.1, -0.05) is 47.5 Å². The highest BCUT2D eigenvalue weighted by Crippen LogP contribution is 2.42. The zero-order chi connectivity index (χ0) is 49.3. The lowest BCUT2D eigenvalue weighted by atomic mass is 10.1. The molecule has 5 aromatic carbocycles. The number of nitrogens with zero attached hydrogens (tertiary/aromatic N) is 4. The normalized spacial score (nSPS) is 12.0. The zero-order valence-corrected chi connectivity index (χ0v) is 40.2. The monoisotopic (exact) mass is 1000 g/mol. The molecule has 4 amide bonds. The molecule has 5 rings (SSSR count). The molecular formula is C48H46Cl4N8O8. The Morgan fingerprint density at radius 2 is 0.897 bits per heavy atom. The molecule has 4 N–H and O–H groups in total. The van der Waals surface area contributed by atoms with Gasteiger partial charge in [-0.15, -0.1) is 23.2 Å². The van der Waals surface area contributed by atoms with Crippen LogP contribution in [0.5, 0.6) is 11.5 Å². The van der Waals surface area contributed by atoms with Gasteiger partial charge in [-0.2, -0.15) is 20.5 Å². The number of Topliss-reactive ketones (excluding diaryl/α,β-unsaturated/α-hetero) is 2. The standard InChI is InChI=1S/C48H46Cl4N8O8/c1-5-67-43-39(55-47(65)41(27(3)61)59-57-33-15-17-37(51)35(25-33)45(63)53-31-11-7-29(8-12-31)21-23-49)19-20-40(44(43)68-6-2)56-48(66)42(28(4)62)60-58-34-16-18-38(52)36(26-34)46(64)54-32-13-9-30(10-14-32)22-24-50/h7-20,25-26,41-42H,5-6,21-24H2,1-4H3,(H,53,63)(H,54,64)(H,55,65)(H,56,66). The lowest BCUT2D eigenvalue weighted by Gasteiger charge is -2.20. The molecule has 0 heterocycles. The molecule has 20 heteroatoms. The van der Waals surface area contributed by atoms with Crippen LogP contribution in [-0.4, -0.2) is 72.3 Å². The Morgan fingerprint density at radius 3 is 1.22 bits per heavy atom. The van der Waals surface area contributed by atoms with Crippen molar-refractivity contribution in [2.45, 2.75) is 52.6 Å². The fourth-order valence-corrected chi connectivity index (χ4v) is 7.09. The van der Waals surface area contributed by atoms with Gasteiger partial charge in [0.15, 0.2) is 23.1 Å². The van der Waals surface area contributed by atoms with Gasteiger partial charge in [0.2, 0.25) is 12.1 Å². The first-order chi connectivity index (χ1) is 32.6. The Balaban J connectivity index is 1.32. The molecule has 0 saturated heterocycles. The molecule has 0 saturated carbocycles. The predicted molar refractivity (Wildman–Crippen MR) is 265 cm³/mol. The number of ether oxygens (including phenoxy) is 2. The van der Waals surface area contributed by atoms with Gasteiger partial charge in [0.1, 0.15) is 0 Å². The molecular weight excluding hydrogens is 958 g/mol. The lowest BCUT2D eigenvalue weighted by molar-refractivity contribution is -0.127. The van der Waals surface area contributed by atoms with Crippen LogP contribution in [0.1, 0.15) is 59.5 Å². The summed E-state index contributed by atoms with van der Waals surface area (Å²) in [5, 5.41) is 27.3. The summed E-state index contributed by atoms with van der Waals surface area (Å²) in [6, 6.07) is 22.3. The van der Waals surface area contributed by atoms with Crippen LogP contribution >= 0.6 is 46.4 Å². The van der Waals surface area contributed by atoms with Gasteiger partial charge < -0.3 is 30.7 Å². The van der Waals surface area contributed by atoms with E-state index in [1.54, 1.807) is 38.1 Å². The van der Waals surface area contributed by atoms with E-state index in [2.05, 4.69) is 41.7 Å². The van der Waals surface area contributed by atoms with E-state index in [4.69, 9.17) is 55.9 Å². The average Bonchev–Trinajstić information content (AvgIpc) is 3.30. The number of hydrogen-bond acceptors (Lipinski definition) is 12. The fourth-order valence-electron chi connectivity index (χ4n) is 6.25. The van der Waals surface area contributed by atoms with Gasteiger partial charge in [-0.05, 0) is 124 Å². The number of azo groups is 2. The number of carbonyl (C=O) groups excluding carboxylic acids is 6. The van der Waals surface area contributed by atoms with E-state index in [0.717, 1.165) is 25.0 Å². The van der Waals surface area contributed by atoms with Crippen molar-refractivity contribution in [1.82, 2.24) is 0 Å². The van der Waals surface area contributed by atoms with Crippen LogP contribution in [0.25, 0.3) is 0 Å². The molecule has 0 aliphatic carbocycles. The lowest BCUT2D eigenvalue weighted by Crippen LogP contribution is -2.32. The molecule has 5 aromatic rings. The van der Waals surface area contributed by atoms with E-state index in [1.807, 2.05) is 24.3 Å². The summed E-state index contributed by atoms with van der Waals surface area (Å²) in [5.74, 6) is -3.24. The number of alkyl halides is 2. The molecule has 2 unspecified atom stereocenters. The summed E-state index contributed by atoms with van der Waals surface area (Å²) in [6.45, 7) is 5.83. The predicted octanol–water partition coefficient (Wildman–Crippen LogP) is 11.2. The maximum atomic E-state index is 13.7. The van der Waals surface area contributed by atoms with Crippen LogP contribution in [0.2, 0.25) is 10.0 Å². The van der Waals surface area contributed by atoms with Crippen LogP contribution < -0.4 is 30.7 Å². The van der Waals surface area contributed by atoms with Crippen LogP contribution in [0.15, 0.2) is 118 Å². The minimum Gasteiger partial charge on any atom is -0.488 e. The first-order valence-electron chi connectivity index (χ1n) is 21.0. The smallest absolute Gasteiger partial charge is 0.258 e. The molecule has 0 bridgehead atoms. The summed E-state index contributed by atoms with van der Waals surface area (Å²) in [4.78, 5) is 79.2. The number of benzene rings is 5.